The minimum Gasteiger partial charge on any atom is -0.303 e. The summed E-state index contributed by atoms with van der Waals surface area (Å²) in [6.07, 6.45) is 0. The molecule has 0 aromatic carbocycles. The Hall–Kier alpha value is -0.0900. The first-order chi connectivity index (χ1) is 4.00. The van der Waals surface area contributed by atoms with Crippen molar-refractivity contribution in [2.45, 2.75) is 0 Å². The monoisotopic (exact) mass is 216 g/mol. The highest BCUT2D eigenvalue weighted by molar-refractivity contribution is 7.79. The number of hydrogen-bond donors (Lipinski definition) is 5. The molecule has 0 rings (SSSR count). The van der Waals surface area contributed by atoms with Gasteiger partial charge >= 0.3 is 18.2 Å². The third-order valence-electron chi connectivity index (χ3n) is 0. The zero-order valence-corrected chi connectivity index (χ0v) is 6.44. The van der Waals surface area contributed by atoms with Crippen molar-refractivity contribution >= 4 is 18.2 Å². The van der Waals surface area contributed by atoms with Crippen LogP contribution in [0.4, 0.5) is 4.70 Å². The third-order valence-corrected chi connectivity index (χ3v) is 0. The van der Waals surface area contributed by atoms with Crippen molar-refractivity contribution < 1.29 is 41.5 Å². The fraction of sp³-hybridized carbons (Fsp3) is 0. The molecule has 0 radical (unpaired) electrons. The summed E-state index contributed by atoms with van der Waals surface area (Å²) in [4.78, 5) is 21.6. The summed E-state index contributed by atoms with van der Waals surface area (Å²) < 4.78 is 40.5. The Kier molecular flexibility index (Phi) is 8.63. The molecule has 0 saturated carbocycles. The summed E-state index contributed by atoms with van der Waals surface area (Å²) in [5.74, 6) is 0. The molecule has 5 N–H and O–H groups in total. The van der Waals surface area contributed by atoms with Gasteiger partial charge in [-0.3, -0.25) is 13.8 Å². The predicted octanol–water partition coefficient (Wildman–Crippen LogP) is -1.43. The molecule has 11 heavy (non-hydrogen) atoms. The molecule has 72 valence electrons. The molecule has 0 aliphatic heterocycles. The summed E-state index contributed by atoms with van der Waals surface area (Å²) in [5.41, 5.74) is 0. The Bertz CT molecular complexity index is 192. The van der Waals surface area contributed by atoms with Gasteiger partial charge in [-0.2, -0.15) is 8.42 Å². The van der Waals surface area contributed by atoms with E-state index in [1.807, 2.05) is 0 Å². The first-order valence-electron chi connectivity index (χ1n) is 1.48. The SMILES string of the molecule is F.O=P(O)(O)O.O=S(=O)(O)O. The summed E-state index contributed by atoms with van der Waals surface area (Å²) in [6, 6.07) is 0. The smallest absolute Gasteiger partial charge is 0.303 e. The molecule has 0 fully saturated rings. The minimum absolute atomic E-state index is 0. The maximum absolute atomic E-state index is 8.88. The van der Waals surface area contributed by atoms with Crippen LogP contribution in [0.2, 0.25) is 0 Å². The molecule has 0 aliphatic rings. The third kappa shape index (κ3) is 76500. The van der Waals surface area contributed by atoms with E-state index < -0.39 is 18.2 Å². The van der Waals surface area contributed by atoms with E-state index in [-0.39, 0.29) is 4.70 Å². The fourth-order valence-corrected chi connectivity index (χ4v) is 0. The van der Waals surface area contributed by atoms with Crippen LogP contribution < -0.4 is 0 Å². The molecule has 0 bridgehead atoms. The van der Waals surface area contributed by atoms with Crippen LogP contribution in [0.15, 0.2) is 0 Å². The van der Waals surface area contributed by atoms with E-state index in [4.69, 9.17) is 36.8 Å². The lowest BCUT2D eigenvalue weighted by Gasteiger charge is -1.82. The molecule has 11 heteroatoms. The highest BCUT2D eigenvalue weighted by atomic mass is 32.3. The van der Waals surface area contributed by atoms with Crippen molar-refractivity contribution in [3.05, 3.63) is 0 Å². The molecular formula is H6FO8PS. The Morgan fingerprint density at radius 2 is 1.00 bits per heavy atom. The van der Waals surface area contributed by atoms with Gasteiger partial charge in [-0.05, 0) is 0 Å². The van der Waals surface area contributed by atoms with E-state index in [9.17, 15) is 0 Å². The lowest BCUT2D eigenvalue weighted by Crippen LogP contribution is -1.89. The Balaban J connectivity index is -0.000000107. The van der Waals surface area contributed by atoms with Crippen LogP contribution in [0.1, 0.15) is 0 Å². The number of halogens is 1. The van der Waals surface area contributed by atoms with Crippen molar-refractivity contribution in [1.29, 1.82) is 0 Å². The van der Waals surface area contributed by atoms with Gasteiger partial charge in [0.05, 0.1) is 0 Å². The van der Waals surface area contributed by atoms with Crippen LogP contribution in [0.5, 0.6) is 0 Å². The highest BCUT2D eigenvalue weighted by Gasteiger charge is 2.00. The van der Waals surface area contributed by atoms with Gasteiger partial charge in [0.1, 0.15) is 0 Å². The fourth-order valence-electron chi connectivity index (χ4n) is 0. The molecule has 0 aromatic rings. The molecule has 8 nitrogen and oxygen atoms in total. The molecule has 0 spiro atoms. The highest BCUT2D eigenvalue weighted by Crippen LogP contribution is 2.25. The van der Waals surface area contributed by atoms with Gasteiger partial charge in [-0.15, -0.1) is 0 Å². The van der Waals surface area contributed by atoms with Gasteiger partial charge < -0.3 is 14.7 Å². The van der Waals surface area contributed by atoms with Gasteiger partial charge in [0.2, 0.25) is 0 Å². The van der Waals surface area contributed by atoms with Gasteiger partial charge in [0.25, 0.3) is 0 Å². The number of phosphoric acid groups is 1. The van der Waals surface area contributed by atoms with Crippen molar-refractivity contribution in [3.63, 3.8) is 0 Å². The predicted molar refractivity (Wildman–Crippen MR) is 30.9 cm³/mol. The first-order valence-corrected chi connectivity index (χ1v) is 4.44. The second kappa shape index (κ2) is 5.55. The van der Waals surface area contributed by atoms with Gasteiger partial charge in [0.15, 0.2) is 0 Å². The average Bonchev–Trinajstić information content (AvgIpc) is 1.12. The number of hydrogen-bond acceptors (Lipinski definition) is 3. The largest absolute Gasteiger partial charge is 0.466 e. The zero-order valence-electron chi connectivity index (χ0n) is 4.72. The quantitative estimate of drug-likeness (QED) is 0.244. The van der Waals surface area contributed by atoms with Gasteiger partial charge in [0, 0.05) is 0 Å². The molecular weight excluding hydrogens is 210 g/mol. The van der Waals surface area contributed by atoms with E-state index in [1.54, 1.807) is 0 Å². The van der Waals surface area contributed by atoms with Crippen molar-refractivity contribution in [2.75, 3.05) is 0 Å². The Morgan fingerprint density at radius 1 is 1.00 bits per heavy atom. The summed E-state index contributed by atoms with van der Waals surface area (Å²) in [7, 11) is -9.31. The molecule has 0 atom stereocenters. The molecule has 0 heterocycles. The van der Waals surface area contributed by atoms with E-state index in [0.29, 0.717) is 0 Å². The topological polar surface area (TPSA) is 152 Å². The van der Waals surface area contributed by atoms with Crippen LogP contribution in [0, 0.1) is 0 Å². The first kappa shape index (κ1) is 17.1. The van der Waals surface area contributed by atoms with E-state index in [2.05, 4.69) is 0 Å². The lowest BCUT2D eigenvalue weighted by molar-refractivity contribution is 0.275. The molecule has 0 aliphatic carbocycles. The maximum atomic E-state index is 8.88. The summed E-state index contributed by atoms with van der Waals surface area (Å²) >= 11 is 0. The van der Waals surface area contributed by atoms with E-state index in [1.165, 1.54) is 0 Å². The average molecular weight is 216 g/mol. The molecule has 0 unspecified atom stereocenters. The molecule has 0 saturated heterocycles. The van der Waals surface area contributed by atoms with Crippen LogP contribution in [-0.4, -0.2) is 32.2 Å². The van der Waals surface area contributed by atoms with Gasteiger partial charge in [-0.1, -0.05) is 0 Å². The number of rotatable bonds is 0. The zero-order chi connectivity index (χ0) is 9.00. The Labute approximate surface area is 60.7 Å². The van der Waals surface area contributed by atoms with Crippen LogP contribution >= 0.6 is 7.82 Å². The van der Waals surface area contributed by atoms with Crippen molar-refractivity contribution in [3.8, 4) is 0 Å². The minimum atomic E-state index is -4.67. The summed E-state index contributed by atoms with van der Waals surface area (Å²) in [6.45, 7) is 0. The lowest BCUT2D eigenvalue weighted by atomic mass is 15.8. The Morgan fingerprint density at radius 3 is 1.00 bits per heavy atom. The van der Waals surface area contributed by atoms with Crippen LogP contribution in [0.3, 0.4) is 0 Å². The second-order valence-electron chi connectivity index (χ2n) is 0.961. The van der Waals surface area contributed by atoms with Crippen LogP contribution in [0.25, 0.3) is 0 Å². The maximum Gasteiger partial charge on any atom is 0.466 e. The van der Waals surface area contributed by atoms with Crippen molar-refractivity contribution in [2.24, 2.45) is 0 Å². The van der Waals surface area contributed by atoms with Crippen LogP contribution in [-0.2, 0) is 15.0 Å². The second-order valence-corrected chi connectivity index (χ2v) is 2.88. The van der Waals surface area contributed by atoms with Gasteiger partial charge in [-0.25, -0.2) is 4.57 Å². The van der Waals surface area contributed by atoms with E-state index >= 15 is 0 Å². The standard InChI is InChI=1S/FH.H3O4P.H2O4S/c;2*1-5(2,3)4/h1H;(H3,1,2,3,4);(H2,1,2,3,4). The molecule has 0 aromatic heterocycles. The van der Waals surface area contributed by atoms with Crippen molar-refractivity contribution in [1.82, 2.24) is 0 Å². The summed E-state index contributed by atoms with van der Waals surface area (Å²) in [5, 5.41) is 0. The molecule has 0 amide bonds. The normalized spacial score (nSPS) is 10.6. The van der Waals surface area contributed by atoms with E-state index in [0.717, 1.165) is 0 Å².